The number of nitrogens with one attached hydrogen (secondary N) is 3. The standard InChI is InChI=1S/C23H25N3O6S/c1-33(30,31)26-21-10-14(2-7-22(21)28)23(29)13-24-8-9-32-16-4-6-18-17-5-3-15(27)11-19(17)25-20(18)12-16/h2-7,10-12,23-29H,8-9,13H2,1H3/t23-/m0/s1. The second-order valence-corrected chi connectivity index (χ2v) is 9.53. The number of hydrogen-bond donors (Lipinski definition) is 6. The van der Waals surface area contributed by atoms with E-state index in [0.717, 1.165) is 28.1 Å². The number of aromatic nitrogens is 1. The number of fused-ring (bicyclic) bond motifs is 3. The third-order valence-electron chi connectivity index (χ3n) is 5.14. The Morgan fingerprint density at radius 1 is 1.00 bits per heavy atom. The molecule has 6 N–H and O–H groups in total. The molecule has 0 radical (unpaired) electrons. The van der Waals surface area contributed by atoms with Crippen molar-refractivity contribution in [3.8, 4) is 17.2 Å². The molecule has 0 fully saturated rings. The van der Waals surface area contributed by atoms with Gasteiger partial charge in [-0.2, -0.15) is 0 Å². The minimum absolute atomic E-state index is 0.0139. The molecule has 3 aromatic carbocycles. The highest BCUT2D eigenvalue weighted by molar-refractivity contribution is 7.92. The third kappa shape index (κ3) is 5.48. The molecule has 33 heavy (non-hydrogen) atoms. The first-order valence-corrected chi connectivity index (χ1v) is 12.2. The SMILES string of the molecule is CS(=O)(=O)Nc1cc([C@@H](O)CNCCOc2ccc3c(c2)[nH]c2cc(O)ccc23)ccc1O. The number of sulfonamides is 1. The predicted molar refractivity (Wildman–Crippen MR) is 127 cm³/mol. The highest BCUT2D eigenvalue weighted by Crippen LogP contribution is 2.30. The van der Waals surface area contributed by atoms with Gasteiger partial charge in [-0.15, -0.1) is 0 Å². The first kappa shape index (κ1) is 22.7. The van der Waals surface area contributed by atoms with Crippen LogP contribution in [0.15, 0.2) is 54.6 Å². The van der Waals surface area contributed by atoms with Crippen LogP contribution in [0.2, 0.25) is 0 Å². The lowest BCUT2D eigenvalue weighted by molar-refractivity contribution is 0.172. The molecule has 0 aliphatic rings. The van der Waals surface area contributed by atoms with Crippen molar-refractivity contribution in [2.45, 2.75) is 6.10 Å². The molecule has 10 heteroatoms. The van der Waals surface area contributed by atoms with Crippen molar-refractivity contribution in [3.63, 3.8) is 0 Å². The maximum Gasteiger partial charge on any atom is 0.229 e. The van der Waals surface area contributed by atoms with E-state index in [0.29, 0.717) is 24.5 Å². The zero-order valence-corrected chi connectivity index (χ0v) is 18.7. The lowest BCUT2D eigenvalue weighted by atomic mass is 10.1. The molecule has 1 atom stereocenters. The number of ether oxygens (including phenoxy) is 1. The van der Waals surface area contributed by atoms with Crippen LogP contribution in [-0.4, -0.2) is 54.7 Å². The number of phenols is 2. The Labute approximate surface area is 190 Å². The van der Waals surface area contributed by atoms with E-state index in [1.165, 1.54) is 18.2 Å². The zero-order valence-electron chi connectivity index (χ0n) is 17.9. The van der Waals surface area contributed by atoms with Crippen molar-refractivity contribution in [2.24, 2.45) is 0 Å². The zero-order chi connectivity index (χ0) is 23.6. The van der Waals surface area contributed by atoms with E-state index in [1.54, 1.807) is 12.1 Å². The van der Waals surface area contributed by atoms with Crippen LogP contribution < -0.4 is 14.8 Å². The van der Waals surface area contributed by atoms with Gasteiger partial charge in [-0.05, 0) is 42.0 Å². The van der Waals surface area contributed by atoms with Gasteiger partial charge in [0, 0.05) is 36.0 Å². The van der Waals surface area contributed by atoms with Gasteiger partial charge < -0.3 is 30.4 Å². The maximum absolute atomic E-state index is 11.4. The molecule has 4 rings (SSSR count). The molecule has 1 heterocycles. The molecular weight excluding hydrogens is 446 g/mol. The molecule has 4 aromatic rings. The predicted octanol–water partition coefficient (Wildman–Crippen LogP) is 2.81. The average Bonchev–Trinajstić information content (AvgIpc) is 3.10. The second kappa shape index (κ2) is 9.18. The van der Waals surface area contributed by atoms with E-state index in [2.05, 4.69) is 15.0 Å². The number of aliphatic hydroxyl groups excluding tert-OH is 1. The van der Waals surface area contributed by atoms with Gasteiger partial charge in [0.25, 0.3) is 0 Å². The second-order valence-electron chi connectivity index (χ2n) is 7.78. The van der Waals surface area contributed by atoms with Crippen LogP contribution in [0.25, 0.3) is 21.8 Å². The minimum atomic E-state index is -3.55. The molecule has 0 aliphatic carbocycles. The first-order chi connectivity index (χ1) is 15.7. The third-order valence-corrected chi connectivity index (χ3v) is 5.73. The molecule has 174 valence electrons. The summed E-state index contributed by atoms with van der Waals surface area (Å²) in [6, 6.07) is 15.2. The van der Waals surface area contributed by atoms with E-state index in [4.69, 9.17) is 4.74 Å². The highest BCUT2D eigenvalue weighted by atomic mass is 32.2. The Hall–Kier alpha value is -3.47. The van der Waals surface area contributed by atoms with Gasteiger partial charge in [0.15, 0.2) is 0 Å². The lowest BCUT2D eigenvalue weighted by Gasteiger charge is -2.15. The number of aromatic amines is 1. The molecule has 0 spiro atoms. The van der Waals surface area contributed by atoms with Gasteiger partial charge in [0.1, 0.15) is 23.9 Å². The van der Waals surface area contributed by atoms with Gasteiger partial charge >= 0.3 is 0 Å². The summed E-state index contributed by atoms with van der Waals surface area (Å²) in [7, 11) is -3.55. The van der Waals surface area contributed by atoms with Crippen LogP contribution in [0.1, 0.15) is 11.7 Å². The monoisotopic (exact) mass is 471 g/mol. The van der Waals surface area contributed by atoms with Crippen molar-refractivity contribution in [3.05, 3.63) is 60.2 Å². The van der Waals surface area contributed by atoms with Gasteiger partial charge in [0.2, 0.25) is 10.0 Å². The Balaban J connectivity index is 1.30. The van der Waals surface area contributed by atoms with Crippen LogP contribution >= 0.6 is 0 Å². The maximum atomic E-state index is 11.4. The quantitative estimate of drug-likeness (QED) is 0.163. The minimum Gasteiger partial charge on any atom is -0.508 e. The number of H-pyrrole nitrogens is 1. The molecular formula is C23H25N3O6S. The first-order valence-electron chi connectivity index (χ1n) is 10.3. The van der Waals surface area contributed by atoms with Crippen LogP contribution in [0.5, 0.6) is 17.2 Å². The fraction of sp³-hybridized carbons (Fsp3) is 0.217. The molecule has 0 saturated heterocycles. The van der Waals surface area contributed by atoms with Gasteiger partial charge in [-0.1, -0.05) is 6.07 Å². The topological polar surface area (TPSA) is 144 Å². The molecule has 0 aliphatic heterocycles. The van der Waals surface area contributed by atoms with Crippen LogP contribution in [0, 0.1) is 0 Å². The summed E-state index contributed by atoms with van der Waals surface area (Å²) in [6.45, 7) is 1.06. The Kier molecular flexibility index (Phi) is 6.32. The van der Waals surface area contributed by atoms with E-state index < -0.39 is 16.1 Å². The van der Waals surface area contributed by atoms with Gasteiger partial charge in [-0.3, -0.25) is 4.72 Å². The Bertz CT molecular complexity index is 1400. The summed E-state index contributed by atoms with van der Waals surface area (Å²) >= 11 is 0. The van der Waals surface area contributed by atoms with Crippen molar-refractivity contribution < 1.29 is 28.5 Å². The Morgan fingerprint density at radius 3 is 2.48 bits per heavy atom. The van der Waals surface area contributed by atoms with Crippen molar-refractivity contribution in [1.29, 1.82) is 0 Å². The molecule has 0 saturated carbocycles. The number of aromatic hydroxyl groups is 2. The summed E-state index contributed by atoms with van der Waals surface area (Å²) in [6.07, 6.45) is 0.0857. The fourth-order valence-corrected chi connectivity index (χ4v) is 4.17. The molecule has 0 bridgehead atoms. The lowest BCUT2D eigenvalue weighted by Crippen LogP contribution is -2.26. The summed E-state index contributed by atoms with van der Waals surface area (Å²) in [4.78, 5) is 3.27. The molecule has 1 aromatic heterocycles. The summed E-state index contributed by atoms with van der Waals surface area (Å²) < 4.78 is 30.8. The number of aliphatic hydroxyl groups is 1. The fourth-order valence-electron chi connectivity index (χ4n) is 3.61. The Morgan fingerprint density at radius 2 is 1.73 bits per heavy atom. The van der Waals surface area contributed by atoms with Gasteiger partial charge in [0.05, 0.1) is 29.1 Å². The van der Waals surface area contributed by atoms with Crippen molar-refractivity contribution in [2.75, 3.05) is 30.7 Å². The summed E-state index contributed by atoms with van der Waals surface area (Å²) in [5.41, 5.74) is 2.23. The molecule has 9 nitrogen and oxygen atoms in total. The van der Waals surface area contributed by atoms with Crippen LogP contribution in [0.4, 0.5) is 5.69 Å². The molecule has 0 unspecified atom stereocenters. The van der Waals surface area contributed by atoms with E-state index in [9.17, 15) is 23.7 Å². The average molecular weight is 472 g/mol. The smallest absolute Gasteiger partial charge is 0.229 e. The van der Waals surface area contributed by atoms with Crippen LogP contribution in [-0.2, 0) is 10.0 Å². The van der Waals surface area contributed by atoms with E-state index in [1.807, 2.05) is 24.3 Å². The number of hydrogen-bond acceptors (Lipinski definition) is 7. The number of rotatable bonds is 9. The largest absolute Gasteiger partial charge is 0.508 e. The number of anilines is 1. The van der Waals surface area contributed by atoms with Gasteiger partial charge in [-0.25, -0.2) is 8.42 Å². The summed E-state index contributed by atoms with van der Waals surface area (Å²) in [5, 5.41) is 35.0. The normalized spacial score (nSPS) is 12.8. The van der Waals surface area contributed by atoms with Crippen LogP contribution in [0.3, 0.4) is 0 Å². The number of benzene rings is 3. The van der Waals surface area contributed by atoms with Crippen molar-refractivity contribution in [1.82, 2.24) is 10.3 Å². The molecule has 0 amide bonds. The van der Waals surface area contributed by atoms with Crippen molar-refractivity contribution >= 4 is 37.5 Å². The summed E-state index contributed by atoms with van der Waals surface area (Å²) in [5.74, 6) is 0.672. The van der Waals surface area contributed by atoms with E-state index in [-0.39, 0.29) is 23.7 Å². The number of phenolic OH excluding ortho intramolecular Hbond substituents is 2. The highest BCUT2D eigenvalue weighted by Gasteiger charge is 2.13. The van der Waals surface area contributed by atoms with E-state index >= 15 is 0 Å².